The Morgan fingerprint density at radius 1 is 1.43 bits per heavy atom. The van der Waals surface area contributed by atoms with Crippen LogP contribution in [-0.2, 0) is 9.53 Å². The van der Waals surface area contributed by atoms with Crippen molar-refractivity contribution in [3.05, 3.63) is 0 Å². The highest BCUT2D eigenvalue weighted by atomic mass is 16.5. The standard InChI is InChI=1S/C11H23NO2/c1-6-7-8(2)9(3)14-10(13)11(4,5)12/h8-9H,6-7,12H2,1-5H3. The maximum atomic E-state index is 11.4. The number of rotatable bonds is 5. The lowest BCUT2D eigenvalue weighted by Gasteiger charge is -2.24. The van der Waals surface area contributed by atoms with Crippen LogP contribution in [0.4, 0.5) is 0 Å². The Morgan fingerprint density at radius 2 is 1.93 bits per heavy atom. The molecule has 0 aromatic heterocycles. The summed E-state index contributed by atoms with van der Waals surface area (Å²) in [5.74, 6) is 0.0688. The van der Waals surface area contributed by atoms with Crippen molar-refractivity contribution in [2.75, 3.05) is 0 Å². The molecule has 0 aliphatic rings. The van der Waals surface area contributed by atoms with E-state index in [2.05, 4.69) is 13.8 Å². The van der Waals surface area contributed by atoms with E-state index in [4.69, 9.17) is 10.5 Å². The molecule has 0 bridgehead atoms. The number of nitrogens with two attached hydrogens (primary N) is 1. The van der Waals surface area contributed by atoms with Gasteiger partial charge in [-0.25, -0.2) is 0 Å². The van der Waals surface area contributed by atoms with E-state index in [1.807, 2.05) is 6.92 Å². The summed E-state index contributed by atoms with van der Waals surface area (Å²) >= 11 is 0. The second-order valence-electron chi connectivity index (χ2n) is 4.60. The number of ether oxygens (including phenoxy) is 1. The minimum Gasteiger partial charge on any atom is -0.461 e. The van der Waals surface area contributed by atoms with Gasteiger partial charge in [0.2, 0.25) is 0 Å². The van der Waals surface area contributed by atoms with E-state index in [9.17, 15) is 4.79 Å². The average molecular weight is 201 g/mol. The molecule has 0 saturated carbocycles. The Hall–Kier alpha value is -0.570. The minimum atomic E-state index is -0.889. The number of hydrogen-bond acceptors (Lipinski definition) is 3. The van der Waals surface area contributed by atoms with Crippen LogP contribution in [0, 0.1) is 5.92 Å². The Balaban J connectivity index is 4.06. The smallest absolute Gasteiger partial charge is 0.325 e. The summed E-state index contributed by atoms with van der Waals surface area (Å²) in [7, 11) is 0. The van der Waals surface area contributed by atoms with Crippen LogP contribution in [0.1, 0.15) is 47.5 Å². The van der Waals surface area contributed by atoms with Gasteiger partial charge < -0.3 is 10.5 Å². The van der Waals surface area contributed by atoms with Crippen molar-refractivity contribution in [1.82, 2.24) is 0 Å². The van der Waals surface area contributed by atoms with Crippen LogP contribution in [0.25, 0.3) is 0 Å². The molecular weight excluding hydrogens is 178 g/mol. The van der Waals surface area contributed by atoms with Gasteiger partial charge in [0, 0.05) is 0 Å². The predicted octanol–water partition coefficient (Wildman–Crippen LogP) is 2.09. The zero-order valence-electron chi connectivity index (χ0n) is 9.96. The molecule has 0 aliphatic heterocycles. The highest BCUT2D eigenvalue weighted by Gasteiger charge is 2.26. The molecule has 0 heterocycles. The summed E-state index contributed by atoms with van der Waals surface area (Å²) in [5.41, 5.74) is 4.74. The first-order valence-corrected chi connectivity index (χ1v) is 5.29. The topological polar surface area (TPSA) is 52.3 Å². The third kappa shape index (κ3) is 4.61. The van der Waals surface area contributed by atoms with Gasteiger partial charge in [0.05, 0.1) is 0 Å². The lowest BCUT2D eigenvalue weighted by Crippen LogP contribution is -2.44. The van der Waals surface area contributed by atoms with Crippen molar-refractivity contribution in [2.45, 2.75) is 59.1 Å². The minimum absolute atomic E-state index is 0.0507. The van der Waals surface area contributed by atoms with Crippen molar-refractivity contribution in [1.29, 1.82) is 0 Å². The van der Waals surface area contributed by atoms with Gasteiger partial charge in [-0.15, -0.1) is 0 Å². The fourth-order valence-corrected chi connectivity index (χ4v) is 1.13. The van der Waals surface area contributed by atoms with Crippen LogP contribution < -0.4 is 5.73 Å². The molecule has 0 aromatic rings. The molecule has 14 heavy (non-hydrogen) atoms. The van der Waals surface area contributed by atoms with Gasteiger partial charge in [-0.3, -0.25) is 4.79 Å². The van der Waals surface area contributed by atoms with E-state index < -0.39 is 5.54 Å². The lowest BCUT2D eigenvalue weighted by atomic mass is 10.00. The predicted molar refractivity (Wildman–Crippen MR) is 57.9 cm³/mol. The zero-order valence-corrected chi connectivity index (χ0v) is 9.96. The molecule has 84 valence electrons. The Kier molecular flexibility index (Phi) is 5.13. The SMILES string of the molecule is CCCC(C)C(C)OC(=O)C(C)(C)N. The second kappa shape index (κ2) is 5.35. The van der Waals surface area contributed by atoms with E-state index in [0.717, 1.165) is 12.8 Å². The number of hydrogen-bond donors (Lipinski definition) is 1. The van der Waals surface area contributed by atoms with Crippen LogP contribution in [0.15, 0.2) is 0 Å². The summed E-state index contributed by atoms with van der Waals surface area (Å²) in [6.07, 6.45) is 2.12. The lowest BCUT2D eigenvalue weighted by molar-refractivity contribution is -0.155. The maximum Gasteiger partial charge on any atom is 0.325 e. The van der Waals surface area contributed by atoms with E-state index in [0.29, 0.717) is 5.92 Å². The van der Waals surface area contributed by atoms with Gasteiger partial charge >= 0.3 is 5.97 Å². The van der Waals surface area contributed by atoms with E-state index in [-0.39, 0.29) is 12.1 Å². The van der Waals surface area contributed by atoms with Gasteiger partial charge in [-0.1, -0.05) is 20.3 Å². The summed E-state index contributed by atoms with van der Waals surface area (Å²) in [6.45, 7) is 9.45. The number of carbonyl (C=O) groups is 1. The average Bonchev–Trinajstić information content (AvgIpc) is 2.02. The van der Waals surface area contributed by atoms with Crippen molar-refractivity contribution < 1.29 is 9.53 Å². The van der Waals surface area contributed by atoms with E-state index in [1.54, 1.807) is 13.8 Å². The summed E-state index contributed by atoms with van der Waals surface area (Å²) in [4.78, 5) is 11.4. The molecule has 2 atom stereocenters. The molecule has 3 nitrogen and oxygen atoms in total. The van der Waals surface area contributed by atoms with Gasteiger partial charge in [-0.2, -0.15) is 0 Å². The molecule has 0 aromatic carbocycles. The van der Waals surface area contributed by atoms with Crippen LogP contribution >= 0.6 is 0 Å². The first-order chi connectivity index (χ1) is 6.29. The van der Waals surface area contributed by atoms with Gasteiger partial charge in [-0.05, 0) is 33.1 Å². The molecule has 0 fully saturated rings. The molecule has 0 amide bonds. The highest BCUT2D eigenvalue weighted by Crippen LogP contribution is 2.15. The third-order valence-corrected chi connectivity index (χ3v) is 2.36. The Bertz CT molecular complexity index is 184. The van der Waals surface area contributed by atoms with Gasteiger partial charge in [0.15, 0.2) is 0 Å². The molecule has 3 heteroatoms. The van der Waals surface area contributed by atoms with Crippen LogP contribution in [-0.4, -0.2) is 17.6 Å². The first-order valence-electron chi connectivity index (χ1n) is 5.29. The normalized spacial score (nSPS) is 16.1. The Morgan fingerprint density at radius 3 is 2.29 bits per heavy atom. The monoisotopic (exact) mass is 201 g/mol. The van der Waals surface area contributed by atoms with Crippen LogP contribution in [0.2, 0.25) is 0 Å². The van der Waals surface area contributed by atoms with Gasteiger partial charge in [0.25, 0.3) is 0 Å². The molecule has 2 unspecified atom stereocenters. The molecule has 2 N–H and O–H groups in total. The maximum absolute atomic E-state index is 11.4. The van der Waals surface area contributed by atoms with E-state index >= 15 is 0 Å². The summed E-state index contributed by atoms with van der Waals surface area (Å²) in [5, 5.41) is 0. The Labute approximate surface area is 87.0 Å². The van der Waals surface area contributed by atoms with Crippen molar-refractivity contribution in [2.24, 2.45) is 11.7 Å². The molecule has 0 saturated heterocycles. The summed E-state index contributed by atoms with van der Waals surface area (Å²) < 4.78 is 5.27. The fourth-order valence-electron chi connectivity index (χ4n) is 1.13. The molecule has 0 rings (SSSR count). The van der Waals surface area contributed by atoms with Gasteiger partial charge in [0.1, 0.15) is 11.6 Å². The number of carbonyl (C=O) groups excluding carboxylic acids is 1. The van der Waals surface area contributed by atoms with Crippen LogP contribution in [0.5, 0.6) is 0 Å². The molecule has 0 aliphatic carbocycles. The van der Waals surface area contributed by atoms with E-state index in [1.165, 1.54) is 0 Å². The molecule has 0 radical (unpaired) electrons. The number of esters is 1. The molecule has 0 spiro atoms. The largest absolute Gasteiger partial charge is 0.461 e. The van der Waals surface area contributed by atoms with Crippen molar-refractivity contribution in [3.63, 3.8) is 0 Å². The third-order valence-electron chi connectivity index (χ3n) is 2.36. The van der Waals surface area contributed by atoms with Crippen molar-refractivity contribution >= 4 is 5.97 Å². The van der Waals surface area contributed by atoms with Crippen molar-refractivity contribution in [3.8, 4) is 0 Å². The summed E-state index contributed by atoms with van der Waals surface area (Å²) in [6, 6.07) is 0. The first kappa shape index (κ1) is 13.4. The zero-order chi connectivity index (χ0) is 11.4. The highest BCUT2D eigenvalue weighted by molar-refractivity contribution is 5.79. The van der Waals surface area contributed by atoms with Crippen LogP contribution in [0.3, 0.4) is 0 Å². The quantitative estimate of drug-likeness (QED) is 0.693. The fraction of sp³-hybridized carbons (Fsp3) is 0.909. The molecular formula is C11H23NO2. The second-order valence-corrected chi connectivity index (χ2v) is 4.60.